The number of benzene rings is 1. The number of hydrogen-bond donors (Lipinski definition) is 2. The Morgan fingerprint density at radius 2 is 2.07 bits per heavy atom. The molecule has 0 aliphatic carbocycles. The van der Waals surface area contributed by atoms with E-state index in [1.54, 1.807) is 18.0 Å². The van der Waals surface area contributed by atoms with E-state index in [1.165, 1.54) is 0 Å². The molecule has 1 aliphatic rings. The summed E-state index contributed by atoms with van der Waals surface area (Å²) in [5, 5.41) is 11.9. The van der Waals surface area contributed by atoms with E-state index >= 15 is 0 Å². The van der Waals surface area contributed by atoms with Gasteiger partial charge in [-0.25, -0.2) is 0 Å². The van der Waals surface area contributed by atoms with Crippen LogP contribution in [0.5, 0.6) is 5.75 Å². The Balaban J connectivity index is 1.53. The maximum absolute atomic E-state index is 5.39. The molecule has 1 fully saturated rings. The van der Waals surface area contributed by atoms with Gasteiger partial charge < -0.3 is 20.1 Å². The van der Waals surface area contributed by atoms with Gasteiger partial charge in [0.15, 0.2) is 5.65 Å². The van der Waals surface area contributed by atoms with E-state index in [2.05, 4.69) is 30.6 Å². The van der Waals surface area contributed by atoms with Crippen LogP contribution in [0.1, 0.15) is 0 Å². The summed E-state index contributed by atoms with van der Waals surface area (Å²) < 4.78 is 12.4. The molecule has 0 amide bonds. The number of methoxy groups -OCH3 is 1. The molecular formula is C19H25N7O2. The van der Waals surface area contributed by atoms with Crippen molar-refractivity contribution in [2.75, 3.05) is 57.1 Å². The first-order valence-electron chi connectivity index (χ1n) is 9.38. The van der Waals surface area contributed by atoms with Crippen molar-refractivity contribution in [1.82, 2.24) is 24.6 Å². The van der Waals surface area contributed by atoms with Crippen LogP contribution in [0.3, 0.4) is 0 Å². The Bertz CT molecular complexity index is 937. The minimum atomic E-state index is 0.578. The van der Waals surface area contributed by atoms with Crippen molar-refractivity contribution in [2.45, 2.75) is 0 Å². The van der Waals surface area contributed by atoms with Crippen LogP contribution in [0.25, 0.3) is 11.0 Å². The van der Waals surface area contributed by atoms with Crippen molar-refractivity contribution in [3.8, 4) is 5.75 Å². The minimum Gasteiger partial charge on any atom is -0.497 e. The second-order valence-electron chi connectivity index (χ2n) is 6.64. The molecule has 1 aliphatic heterocycles. The molecule has 1 saturated heterocycles. The maximum atomic E-state index is 5.39. The van der Waals surface area contributed by atoms with Crippen molar-refractivity contribution in [3.05, 3.63) is 30.5 Å². The van der Waals surface area contributed by atoms with Gasteiger partial charge in [-0.3, -0.25) is 9.58 Å². The van der Waals surface area contributed by atoms with E-state index in [0.29, 0.717) is 11.8 Å². The summed E-state index contributed by atoms with van der Waals surface area (Å²) >= 11 is 0. The first-order chi connectivity index (χ1) is 13.7. The zero-order valence-electron chi connectivity index (χ0n) is 16.2. The number of ether oxygens (including phenoxy) is 2. The lowest BCUT2D eigenvalue weighted by Crippen LogP contribution is -2.39. The summed E-state index contributed by atoms with van der Waals surface area (Å²) in [6.07, 6.45) is 1.77. The zero-order valence-corrected chi connectivity index (χ0v) is 16.2. The highest BCUT2D eigenvalue weighted by molar-refractivity contribution is 5.89. The quantitative estimate of drug-likeness (QED) is 0.639. The van der Waals surface area contributed by atoms with Gasteiger partial charge >= 0.3 is 0 Å². The number of nitrogens with one attached hydrogen (secondary N) is 2. The Morgan fingerprint density at radius 1 is 1.21 bits per heavy atom. The topological polar surface area (TPSA) is 89.4 Å². The third kappa shape index (κ3) is 4.15. The Hall–Kier alpha value is -2.91. The van der Waals surface area contributed by atoms with Gasteiger partial charge in [-0.1, -0.05) is 6.07 Å². The van der Waals surface area contributed by atoms with Gasteiger partial charge in [-0.05, 0) is 12.1 Å². The number of hydrogen-bond acceptors (Lipinski definition) is 8. The first kappa shape index (κ1) is 18.5. The predicted molar refractivity (Wildman–Crippen MR) is 108 cm³/mol. The van der Waals surface area contributed by atoms with Crippen LogP contribution >= 0.6 is 0 Å². The fourth-order valence-corrected chi connectivity index (χ4v) is 3.18. The molecule has 9 nitrogen and oxygen atoms in total. The molecule has 1 aromatic carbocycles. The molecule has 4 rings (SSSR count). The molecule has 3 aromatic rings. The average Bonchev–Trinajstić information content (AvgIpc) is 3.10. The highest BCUT2D eigenvalue weighted by atomic mass is 16.5. The van der Waals surface area contributed by atoms with Crippen LogP contribution in [-0.4, -0.2) is 71.2 Å². The van der Waals surface area contributed by atoms with Crippen LogP contribution in [0, 0.1) is 0 Å². The Morgan fingerprint density at radius 3 is 2.89 bits per heavy atom. The van der Waals surface area contributed by atoms with Crippen LogP contribution in [0.2, 0.25) is 0 Å². The average molecular weight is 383 g/mol. The molecule has 0 atom stereocenters. The highest BCUT2D eigenvalue weighted by Gasteiger charge is 2.13. The largest absolute Gasteiger partial charge is 0.497 e. The van der Waals surface area contributed by atoms with E-state index in [9.17, 15) is 0 Å². The number of fused-ring (bicyclic) bond motifs is 1. The van der Waals surface area contributed by atoms with Crippen LogP contribution in [0.15, 0.2) is 30.5 Å². The van der Waals surface area contributed by atoms with Gasteiger partial charge in [-0.15, -0.1) is 0 Å². The van der Waals surface area contributed by atoms with Crippen LogP contribution in [0.4, 0.5) is 17.5 Å². The molecule has 28 heavy (non-hydrogen) atoms. The number of nitrogens with zero attached hydrogens (tertiary/aromatic N) is 5. The number of anilines is 3. The molecule has 0 radical (unpaired) electrons. The van der Waals surface area contributed by atoms with Gasteiger partial charge in [0.1, 0.15) is 11.6 Å². The summed E-state index contributed by atoms with van der Waals surface area (Å²) in [5.41, 5.74) is 1.66. The van der Waals surface area contributed by atoms with Gasteiger partial charge in [0, 0.05) is 45.0 Å². The van der Waals surface area contributed by atoms with Crippen molar-refractivity contribution in [2.24, 2.45) is 7.05 Å². The molecule has 9 heteroatoms. The van der Waals surface area contributed by atoms with Gasteiger partial charge in [0.2, 0.25) is 5.95 Å². The normalized spacial score (nSPS) is 14.9. The third-order valence-corrected chi connectivity index (χ3v) is 4.74. The number of aryl methyl sites for hydroxylation is 1. The van der Waals surface area contributed by atoms with E-state index < -0.39 is 0 Å². The molecule has 3 heterocycles. The number of rotatable bonds is 7. The minimum absolute atomic E-state index is 0.578. The smallest absolute Gasteiger partial charge is 0.226 e. The molecule has 2 N–H and O–H groups in total. The third-order valence-electron chi connectivity index (χ3n) is 4.74. The molecule has 148 valence electrons. The standard InChI is InChI=1S/C19H25N7O2/c1-25-18-16(13-21-25)17(22-14-4-3-5-15(12-14)27-2)23-19(24-18)20-6-7-26-8-10-28-11-9-26/h3-5,12-13H,6-11H2,1-2H3,(H2,20,22,23,24). The molecule has 0 saturated carbocycles. The highest BCUT2D eigenvalue weighted by Crippen LogP contribution is 2.26. The van der Waals surface area contributed by atoms with Crippen molar-refractivity contribution < 1.29 is 9.47 Å². The fourth-order valence-electron chi connectivity index (χ4n) is 3.18. The lowest BCUT2D eigenvalue weighted by atomic mass is 10.3. The summed E-state index contributed by atoms with van der Waals surface area (Å²) in [6.45, 7) is 5.22. The summed E-state index contributed by atoms with van der Waals surface area (Å²) in [5.74, 6) is 2.07. The van der Waals surface area contributed by atoms with E-state index in [0.717, 1.165) is 61.9 Å². The Kier molecular flexibility index (Phi) is 5.54. The number of aromatic nitrogens is 4. The summed E-state index contributed by atoms with van der Waals surface area (Å²) in [7, 11) is 3.53. The zero-order chi connectivity index (χ0) is 19.3. The lowest BCUT2D eigenvalue weighted by molar-refractivity contribution is 0.0398. The second kappa shape index (κ2) is 8.41. The predicted octanol–water partition coefficient (Wildman–Crippen LogP) is 1.86. The molecular weight excluding hydrogens is 358 g/mol. The summed E-state index contributed by atoms with van der Waals surface area (Å²) in [4.78, 5) is 11.7. The van der Waals surface area contributed by atoms with Crippen LogP contribution < -0.4 is 15.4 Å². The number of morpholine rings is 1. The van der Waals surface area contributed by atoms with Crippen molar-refractivity contribution in [1.29, 1.82) is 0 Å². The van der Waals surface area contributed by atoms with Crippen molar-refractivity contribution >= 4 is 28.5 Å². The van der Waals surface area contributed by atoms with Crippen LogP contribution in [-0.2, 0) is 11.8 Å². The van der Waals surface area contributed by atoms with Gasteiger partial charge in [0.25, 0.3) is 0 Å². The van der Waals surface area contributed by atoms with Gasteiger partial charge in [0.05, 0.1) is 31.9 Å². The maximum Gasteiger partial charge on any atom is 0.226 e. The first-order valence-corrected chi connectivity index (χ1v) is 9.38. The summed E-state index contributed by atoms with van der Waals surface area (Å²) in [6, 6.07) is 7.74. The molecule has 0 unspecified atom stereocenters. The van der Waals surface area contributed by atoms with E-state index in [-0.39, 0.29) is 0 Å². The van der Waals surface area contributed by atoms with Gasteiger partial charge in [-0.2, -0.15) is 15.1 Å². The van der Waals surface area contributed by atoms with E-state index in [4.69, 9.17) is 9.47 Å². The fraction of sp³-hybridized carbons (Fsp3) is 0.421. The monoisotopic (exact) mass is 383 g/mol. The lowest BCUT2D eigenvalue weighted by Gasteiger charge is -2.26. The Labute approximate surface area is 163 Å². The van der Waals surface area contributed by atoms with Crippen molar-refractivity contribution in [3.63, 3.8) is 0 Å². The molecule has 0 spiro atoms. The molecule has 2 aromatic heterocycles. The van der Waals surface area contributed by atoms with E-state index in [1.807, 2.05) is 31.3 Å². The SMILES string of the molecule is COc1cccc(Nc2nc(NCCN3CCOCC3)nc3c2cnn3C)c1. The second-order valence-corrected chi connectivity index (χ2v) is 6.64. The molecule has 0 bridgehead atoms.